The van der Waals surface area contributed by atoms with Crippen LogP contribution in [0, 0.1) is 0 Å². The first-order valence-corrected chi connectivity index (χ1v) is 6.23. The van der Waals surface area contributed by atoms with Gasteiger partial charge in [0.2, 0.25) is 0 Å². The number of hydrogen-bond donors (Lipinski definition) is 0. The summed E-state index contributed by atoms with van der Waals surface area (Å²) in [7, 11) is 0. The monoisotopic (exact) mass is 235 g/mol. The molecule has 17 heavy (non-hydrogen) atoms. The smallest absolute Gasteiger partial charge is 0.316 e. The summed E-state index contributed by atoms with van der Waals surface area (Å²) < 4.78 is 5.33. The summed E-state index contributed by atoms with van der Waals surface area (Å²) in [5, 5.41) is 0. The quantitative estimate of drug-likeness (QED) is 0.786. The van der Waals surface area contributed by atoms with Crippen molar-refractivity contribution in [3.63, 3.8) is 0 Å². The van der Waals surface area contributed by atoms with E-state index < -0.39 is 0 Å². The van der Waals surface area contributed by atoms with Crippen LogP contribution in [0.2, 0.25) is 0 Å². The summed E-state index contributed by atoms with van der Waals surface area (Å²) in [5.74, 6) is 0. The maximum Gasteiger partial charge on any atom is 0.316 e. The Morgan fingerprint density at radius 3 is 2.82 bits per heavy atom. The zero-order valence-corrected chi connectivity index (χ0v) is 11.2. The maximum atomic E-state index is 5.33. The third kappa shape index (κ3) is 2.75. The van der Waals surface area contributed by atoms with Gasteiger partial charge >= 0.3 is 6.01 Å². The number of rotatable bonds is 2. The second-order valence-corrected chi connectivity index (χ2v) is 5.40. The molecule has 0 radical (unpaired) electrons. The number of ether oxygens (including phenoxy) is 1. The normalized spacial score (nSPS) is 16.7. The van der Waals surface area contributed by atoms with Gasteiger partial charge in [-0.15, -0.1) is 0 Å². The summed E-state index contributed by atoms with van der Waals surface area (Å²) in [6, 6.07) is 0.510. The van der Waals surface area contributed by atoms with Crippen molar-refractivity contribution in [2.45, 2.75) is 46.2 Å². The fourth-order valence-electron chi connectivity index (χ4n) is 2.07. The zero-order chi connectivity index (χ0) is 12.5. The van der Waals surface area contributed by atoms with Crippen LogP contribution in [0.15, 0.2) is 6.20 Å². The van der Waals surface area contributed by atoms with E-state index in [1.165, 1.54) is 5.56 Å². The van der Waals surface area contributed by atoms with Gasteiger partial charge in [0.1, 0.15) is 0 Å². The van der Waals surface area contributed by atoms with E-state index in [4.69, 9.17) is 4.74 Å². The average Bonchev–Trinajstić information content (AvgIpc) is 2.27. The fraction of sp³-hybridized carbons (Fsp3) is 0.692. The lowest BCUT2D eigenvalue weighted by molar-refractivity contribution is 0.119. The predicted octanol–water partition coefficient (Wildman–Crippen LogP) is 2.03. The Morgan fingerprint density at radius 2 is 2.18 bits per heavy atom. The molecule has 2 rings (SSSR count). The predicted molar refractivity (Wildman–Crippen MR) is 67.1 cm³/mol. The van der Waals surface area contributed by atoms with E-state index in [0.717, 1.165) is 25.2 Å². The molecule has 1 aromatic heterocycles. The van der Waals surface area contributed by atoms with Gasteiger partial charge in [-0.2, -0.15) is 4.98 Å². The highest BCUT2D eigenvalue weighted by atomic mass is 16.5. The van der Waals surface area contributed by atoms with E-state index in [1.54, 1.807) is 0 Å². The van der Waals surface area contributed by atoms with Gasteiger partial charge in [0.05, 0.1) is 12.3 Å². The first kappa shape index (κ1) is 12.3. The molecule has 1 aromatic rings. The van der Waals surface area contributed by atoms with Crippen LogP contribution in [0.1, 0.15) is 39.0 Å². The number of fused-ring (bicyclic) bond motifs is 1. The van der Waals surface area contributed by atoms with Crippen molar-refractivity contribution >= 4 is 0 Å². The Balaban J connectivity index is 2.17. The first-order valence-electron chi connectivity index (χ1n) is 6.23. The standard InChI is InChI=1S/C13H21N3O/c1-5-17-12-14-8-10-9-16(13(2,3)4)7-6-11(10)15-12/h8H,5-7,9H2,1-4H3. The molecule has 4 nitrogen and oxygen atoms in total. The molecule has 4 heteroatoms. The number of hydrogen-bond acceptors (Lipinski definition) is 4. The van der Waals surface area contributed by atoms with Crippen molar-refractivity contribution in [3.05, 3.63) is 17.5 Å². The highest BCUT2D eigenvalue weighted by Crippen LogP contribution is 2.24. The van der Waals surface area contributed by atoms with Crippen LogP contribution in [0.5, 0.6) is 6.01 Å². The third-order valence-corrected chi connectivity index (χ3v) is 3.13. The van der Waals surface area contributed by atoms with E-state index in [2.05, 4.69) is 35.6 Å². The van der Waals surface area contributed by atoms with Crippen molar-refractivity contribution in [3.8, 4) is 6.01 Å². The molecule has 0 saturated heterocycles. The summed E-state index contributed by atoms with van der Waals surface area (Å²) in [5.41, 5.74) is 2.58. The van der Waals surface area contributed by atoms with E-state index in [1.807, 2.05) is 13.1 Å². The molecule has 0 spiro atoms. The minimum absolute atomic E-state index is 0.205. The number of nitrogens with zero attached hydrogens (tertiary/aromatic N) is 3. The minimum Gasteiger partial charge on any atom is -0.464 e. The van der Waals surface area contributed by atoms with Crippen LogP contribution in [0.4, 0.5) is 0 Å². The topological polar surface area (TPSA) is 38.3 Å². The second kappa shape index (κ2) is 4.61. The van der Waals surface area contributed by atoms with Crippen LogP contribution < -0.4 is 4.74 Å². The van der Waals surface area contributed by atoms with Crippen molar-refractivity contribution < 1.29 is 4.74 Å². The molecule has 0 atom stereocenters. The van der Waals surface area contributed by atoms with Crippen molar-refractivity contribution in [1.29, 1.82) is 0 Å². The summed E-state index contributed by atoms with van der Waals surface area (Å²) in [6.07, 6.45) is 2.89. The Kier molecular flexibility index (Phi) is 3.33. The zero-order valence-electron chi connectivity index (χ0n) is 11.2. The van der Waals surface area contributed by atoms with Gasteiger partial charge in [0.25, 0.3) is 0 Å². The highest BCUT2D eigenvalue weighted by molar-refractivity contribution is 5.22. The molecule has 0 amide bonds. The molecule has 0 saturated carbocycles. The van der Waals surface area contributed by atoms with Crippen LogP contribution in [-0.4, -0.2) is 33.6 Å². The molecule has 0 aliphatic carbocycles. The molecule has 1 aliphatic rings. The third-order valence-electron chi connectivity index (χ3n) is 3.13. The summed E-state index contributed by atoms with van der Waals surface area (Å²) in [6.45, 7) is 11.3. The highest BCUT2D eigenvalue weighted by Gasteiger charge is 2.26. The Morgan fingerprint density at radius 1 is 1.41 bits per heavy atom. The van der Waals surface area contributed by atoms with Crippen LogP contribution in [-0.2, 0) is 13.0 Å². The molecule has 0 aromatic carbocycles. The van der Waals surface area contributed by atoms with E-state index >= 15 is 0 Å². The summed E-state index contributed by atoms with van der Waals surface area (Å²) >= 11 is 0. The Labute approximate surface area is 103 Å². The molecule has 94 valence electrons. The molecule has 1 aliphatic heterocycles. The number of aromatic nitrogens is 2. The van der Waals surface area contributed by atoms with Gasteiger partial charge in [0.15, 0.2) is 0 Å². The van der Waals surface area contributed by atoms with Gasteiger partial charge in [-0.05, 0) is 27.7 Å². The van der Waals surface area contributed by atoms with E-state index in [9.17, 15) is 0 Å². The Bertz CT molecular complexity index is 398. The van der Waals surface area contributed by atoms with Gasteiger partial charge in [0, 0.05) is 36.8 Å². The van der Waals surface area contributed by atoms with Gasteiger partial charge < -0.3 is 4.74 Å². The molecule has 0 N–H and O–H groups in total. The average molecular weight is 235 g/mol. The summed E-state index contributed by atoms with van der Waals surface area (Å²) in [4.78, 5) is 11.2. The van der Waals surface area contributed by atoms with Crippen molar-refractivity contribution in [2.75, 3.05) is 13.2 Å². The first-order chi connectivity index (χ1) is 8.00. The molecule has 0 fully saturated rings. The molecule has 0 bridgehead atoms. The van der Waals surface area contributed by atoms with Gasteiger partial charge in [-0.25, -0.2) is 4.98 Å². The van der Waals surface area contributed by atoms with E-state index in [-0.39, 0.29) is 5.54 Å². The largest absolute Gasteiger partial charge is 0.464 e. The second-order valence-electron chi connectivity index (χ2n) is 5.40. The van der Waals surface area contributed by atoms with Gasteiger partial charge in [-0.3, -0.25) is 4.90 Å². The fourth-order valence-corrected chi connectivity index (χ4v) is 2.07. The molecular formula is C13H21N3O. The van der Waals surface area contributed by atoms with Crippen molar-refractivity contribution in [1.82, 2.24) is 14.9 Å². The lowest BCUT2D eigenvalue weighted by Crippen LogP contribution is -2.44. The minimum atomic E-state index is 0.205. The van der Waals surface area contributed by atoms with Crippen LogP contribution in [0.25, 0.3) is 0 Å². The lowest BCUT2D eigenvalue weighted by atomic mass is 9.99. The maximum absolute atomic E-state index is 5.33. The molecular weight excluding hydrogens is 214 g/mol. The SMILES string of the molecule is CCOc1ncc2c(n1)CCN(C(C)(C)C)C2. The van der Waals surface area contributed by atoms with Crippen LogP contribution in [0.3, 0.4) is 0 Å². The molecule has 2 heterocycles. The van der Waals surface area contributed by atoms with Gasteiger partial charge in [-0.1, -0.05) is 0 Å². The van der Waals surface area contributed by atoms with Crippen LogP contribution >= 0.6 is 0 Å². The van der Waals surface area contributed by atoms with E-state index in [0.29, 0.717) is 12.6 Å². The van der Waals surface area contributed by atoms with Crippen molar-refractivity contribution in [2.24, 2.45) is 0 Å². The lowest BCUT2D eigenvalue weighted by Gasteiger charge is -2.38. The molecule has 0 unspecified atom stereocenters. The Hall–Kier alpha value is -1.16.